The number of carbonyl (C=O) groups is 1. The number of amides is 1. The van der Waals surface area contributed by atoms with E-state index in [1.54, 1.807) is 24.1 Å². The number of phenols is 1. The van der Waals surface area contributed by atoms with Crippen LogP contribution in [0.5, 0.6) is 5.75 Å². The molecule has 1 saturated heterocycles. The summed E-state index contributed by atoms with van der Waals surface area (Å²) in [5, 5.41) is 9.29. The van der Waals surface area contributed by atoms with Gasteiger partial charge in [0.1, 0.15) is 11.9 Å². The molecule has 1 heterocycles. The lowest BCUT2D eigenvalue weighted by Crippen LogP contribution is -2.38. The summed E-state index contributed by atoms with van der Waals surface area (Å²) < 4.78 is 5.62. The third kappa shape index (κ3) is 3.07. The van der Waals surface area contributed by atoms with Crippen molar-refractivity contribution in [3.63, 3.8) is 0 Å². The van der Waals surface area contributed by atoms with Crippen LogP contribution in [0.1, 0.15) is 38.3 Å². The lowest BCUT2D eigenvalue weighted by molar-refractivity contribution is -0.143. The summed E-state index contributed by atoms with van der Waals surface area (Å²) in [7, 11) is 1.80. The van der Waals surface area contributed by atoms with Gasteiger partial charge in [0.05, 0.1) is 12.1 Å². The normalized spacial score (nSPS) is 24.2. The van der Waals surface area contributed by atoms with Crippen LogP contribution in [0.4, 0.5) is 0 Å². The second-order valence-corrected chi connectivity index (χ2v) is 5.23. The highest BCUT2D eigenvalue weighted by molar-refractivity contribution is 5.81. The molecule has 1 aliphatic heterocycles. The monoisotopic (exact) mass is 263 g/mol. The highest BCUT2D eigenvalue weighted by atomic mass is 16.5. The van der Waals surface area contributed by atoms with E-state index in [1.165, 1.54) is 0 Å². The van der Waals surface area contributed by atoms with Gasteiger partial charge in [-0.1, -0.05) is 12.1 Å². The number of hydrogen-bond acceptors (Lipinski definition) is 3. The number of rotatable bonds is 3. The van der Waals surface area contributed by atoms with Crippen LogP contribution in [0.2, 0.25) is 0 Å². The van der Waals surface area contributed by atoms with Gasteiger partial charge >= 0.3 is 0 Å². The predicted octanol–water partition coefficient (Wildman–Crippen LogP) is 2.48. The number of carbonyl (C=O) groups excluding carboxylic acids is 1. The highest BCUT2D eigenvalue weighted by Gasteiger charge is 2.32. The molecule has 2 rings (SSSR count). The minimum Gasteiger partial charge on any atom is -0.508 e. The van der Waals surface area contributed by atoms with Crippen LogP contribution in [0, 0.1) is 0 Å². The summed E-state index contributed by atoms with van der Waals surface area (Å²) in [5.74, 6) is 0.266. The fourth-order valence-corrected chi connectivity index (χ4v) is 2.38. The summed E-state index contributed by atoms with van der Waals surface area (Å²) >= 11 is 0. The van der Waals surface area contributed by atoms with Crippen LogP contribution in [0.25, 0.3) is 0 Å². The zero-order valence-corrected chi connectivity index (χ0v) is 11.7. The first-order valence-corrected chi connectivity index (χ1v) is 6.70. The molecule has 1 aromatic rings. The first-order chi connectivity index (χ1) is 8.99. The molecule has 1 N–H and O–H groups in total. The maximum Gasteiger partial charge on any atom is 0.251 e. The largest absolute Gasteiger partial charge is 0.508 e. The van der Waals surface area contributed by atoms with Gasteiger partial charge < -0.3 is 14.7 Å². The molecule has 4 nitrogen and oxygen atoms in total. The number of likely N-dealkylation sites (N-methyl/N-ethyl adjacent to an activating group) is 1. The van der Waals surface area contributed by atoms with Crippen molar-refractivity contribution in [2.45, 2.75) is 44.9 Å². The van der Waals surface area contributed by atoms with Gasteiger partial charge in [-0.3, -0.25) is 4.79 Å². The first-order valence-electron chi connectivity index (χ1n) is 6.70. The van der Waals surface area contributed by atoms with Gasteiger partial charge in [0.2, 0.25) is 0 Å². The Balaban J connectivity index is 2.04. The van der Waals surface area contributed by atoms with Crippen LogP contribution >= 0.6 is 0 Å². The Bertz CT molecular complexity index is 443. The third-order valence-corrected chi connectivity index (χ3v) is 3.81. The zero-order valence-electron chi connectivity index (χ0n) is 11.7. The van der Waals surface area contributed by atoms with Crippen molar-refractivity contribution >= 4 is 5.91 Å². The average molecular weight is 263 g/mol. The Labute approximate surface area is 114 Å². The molecule has 19 heavy (non-hydrogen) atoms. The van der Waals surface area contributed by atoms with E-state index < -0.39 is 0 Å². The molecule has 0 aliphatic carbocycles. The second-order valence-electron chi connectivity index (χ2n) is 5.23. The molecule has 0 spiro atoms. The summed E-state index contributed by atoms with van der Waals surface area (Å²) in [6.45, 7) is 3.97. The van der Waals surface area contributed by atoms with Crippen LogP contribution in [0.15, 0.2) is 24.3 Å². The molecule has 0 bridgehead atoms. The van der Waals surface area contributed by atoms with E-state index in [1.807, 2.05) is 26.0 Å². The van der Waals surface area contributed by atoms with Gasteiger partial charge in [-0.2, -0.15) is 0 Å². The maximum absolute atomic E-state index is 12.3. The van der Waals surface area contributed by atoms with Gasteiger partial charge in [-0.05, 0) is 44.4 Å². The fourth-order valence-electron chi connectivity index (χ4n) is 2.38. The van der Waals surface area contributed by atoms with Crippen LogP contribution in [0.3, 0.4) is 0 Å². The van der Waals surface area contributed by atoms with E-state index in [0.717, 1.165) is 18.4 Å². The topological polar surface area (TPSA) is 49.8 Å². The number of aromatic hydroxyl groups is 1. The summed E-state index contributed by atoms with van der Waals surface area (Å²) in [4.78, 5) is 14.0. The van der Waals surface area contributed by atoms with Crippen molar-refractivity contribution in [3.8, 4) is 5.75 Å². The van der Waals surface area contributed by atoms with Crippen molar-refractivity contribution in [1.29, 1.82) is 0 Å². The molecular weight excluding hydrogens is 242 g/mol. The van der Waals surface area contributed by atoms with Gasteiger partial charge in [0.15, 0.2) is 0 Å². The molecule has 1 aliphatic rings. The van der Waals surface area contributed by atoms with E-state index in [0.29, 0.717) is 0 Å². The van der Waals surface area contributed by atoms with E-state index in [9.17, 15) is 9.90 Å². The molecule has 104 valence electrons. The van der Waals surface area contributed by atoms with Crippen molar-refractivity contribution < 1.29 is 14.6 Å². The summed E-state index contributed by atoms with van der Waals surface area (Å²) in [6, 6.07) is 6.91. The number of benzene rings is 1. The van der Waals surface area contributed by atoms with Crippen molar-refractivity contribution in [3.05, 3.63) is 29.8 Å². The Morgan fingerprint density at radius 3 is 2.53 bits per heavy atom. The summed E-state index contributed by atoms with van der Waals surface area (Å²) in [6.07, 6.45) is 1.61. The smallest absolute Gasteiger partial charge is 0.251 e. The van der Waals surface area contributed by atoms with Crippen molar-refractivity contribution in [2.75, 3.05) is 7.05 Å². The quantitative estimate of drug-likeness (QED) is 0.911. The molecular formula is C15H21NO3. The molecule has 0 aromatic heterocycles. The summed E-state index contributed by atoms with van der Waals surface area (Å²) in [5.41, 5.74) is 1.000. The second kappa shape index (κ2) is 5.61. The van der Waals surface area contributed by atoms with Crippen molar-refractivity contribution in [1.82, 2.24) is 4.90 Å². The minimum absolute atomic E-state index is 0.0323. The molecule has 4 heteroatoms. The van der Waals surface area contributed by atoms with E-state index in [4.69, 9.17) is 4.74 Å². The SMILES string of the molecule is CC1CCC(C(=O)N(C)C(C)c2ccc(O)cc2)O1. The zero-order chi connectivity index (χ0) is 14.0. The molecule has 0 saturated carbocycles. The maximum atomic E-state index is 12.3. The van der Waals surface area contributed by atoms with Gasteiger partial charge in [0.25, 0.3) is 5.91 Å². The van der Waals surface area contributed by atoms with Gasteiger partial charge in [-0.15, -0.1) is 0 Å². The molecule has 1 amide bonds. The highest BCUT2D eigenvalue weighted by Crippen LogP contribution is 2.26. The number of ether oxygens (including phenoxy) is 1. The van der Waals surface area contributed by atoms with Crippen LogP contribution in [-0.4, -0.2) is 35.2 Å². The first kappa shape index (κ1) is 13.9. The van der Waals surface area contributed by atoms with Crippen LogP contribution in [-0.2, 0) is 9.53 Å². The Kier molecular flexibility index (Phi) is 4.10. The Morgan fingerprint density at radius 2 is 2.00 bits per heavy atom. The van der Waals surface area contributed by atoms with Crippen molar-refractivity contribution in [2.24, 2.45) is 0 Å². The standard InChI is InChI=1S/C15H21NO3/c1-10-4-9-14(19-10)15(18)16(3)11(2)12-5-7-13(17)8-6-12/h5-8,10-11,14,17H,4,9H2,1-3H3. The predicted molar refractivity (Wildman–Crippen MR) is 72.9 cm³/mol. The van der Waals surface area contributed by atoms with E-state index >= 15 is 0 Å². The Hall–Kier alpha value is -1.55. The van der Waals surface area contributed by atoms with Gasteiger partial charge in [0, 0.05) is 7.05 Å². The van der Waals surface area contributed by atoms with Gasteiger partial charge in [-0.25, -0.2) is 0 Å². The van der Waals surface area contributed by atoms with E-state index in [-0.39, 0.29) is 29.9 Å². The number of hydrogen-bond donors (Lipinski definition) is 1. The Morgan fingerprint density at radius 1 is 1.37 bits per heavy atom. The lowest BCUT2D eigenvalue weighted by atomic mass is 10.1. The minimum atomic E-state index is -0.306. The lowest BCUT2D eigenvalue weighted by Gasteiger charge is -2.27. The number of phenolic OH excluding ortho intramolecular Hbond substituents is 1. The third-order valence-electron chi connectivity index (χ3n) is 3.81. The van der Waals surface area contributed by atoms with Crippen LogP contribution < -0.4 is 0 Å². The molecule has 3 atom stereocenters. The molecule has 3 unspecified atom stereocenters. The van der Waals surface area contributed by atoms with E-state index in [2.05, 4.69) is 0 Å². The molecule has 1 aromatic carbocycles. The average Bonchev–Trinajstić information content (AvgIpc) is 2.84. The molecule has 0 radical (unpaired) electrons. The molecule has 1 fully saturated rings. The number of nitrogens with zero attached hydrogens (tertiary/aromatic N) is 1. The fraction of sp³-hybridized carbons (Fsp3) is 0.533.